The van der Waals surface area contributed by atoms with Crippen molar-refractivity contribution in [3.63, 3.8) is 0 Å². The van der Waals surface area contributed by atoms with Crippen LogP contribution >= 0.6 is 12.4 Å². The van der Waals surface area contributed by atoms with E-state index < -0.39 is 0 Å². The summed E-state index contributed by atoms with van der Waals surface area (Å²) in [6.45, 7) is 6.65. The van der Waals surface area contributed by atoms with Crippen molar-refractivity contribution in [2.24, 2.45) is 0 Å². The number of carbonyl (C=O) groups is 1. The van der Waals surface area contributed by atoms with Gasteiger partial charge in [-0.25, -0.2) is 4.39 Å². The predicted octanol–water partition coefficient (Wildman–Crippen LogP) is 1.31. The van der Waals surface area contributed by atoms with E-state index in [0.29, 0.717) is 12.1 Å². The van der Waals surface area contributed by atoms with Crippen molar-refractivity contribution in [3.05, 3.63) is 35.6 Å². The Labute approximate surface area is 154 Å². The van der Waals surface area contributed by atoms with Gasteiger partial charge in [0.25, 0.3) is 0 Å². The van der Waals surface area contributed by atoms with Crippen LogP contribution in [0.5, 0.6) is 0 Å². The molecular formula is C18H27ClFN3O2. The Kier molecular flexibility index (Phi) is 8.09. The standard InChI is InChI=1S/C18H26FN3O2.ClH/c19-17-4-2-1-3-15(17)13-18(23)22(16-5-6-20-14-16)8-7-21-9-11-24-12-10-21;/h1-4,16,20H,5-14H2;1H. The third kappa shape index (κ3) is 5.64. The molecule has 1 N–H and O–H groups in total. The Bertz CT molecular complexity index is 549. The first kappa shape index (κ1) is 20.1. The highest BCUT2D eigenvalue weighted by Gasteiger charge is 2.27. The van der Waals surface area contributed by atoms with Gasteiger partial charge in [0.2, 0.25) is 5.91 Å². The van der Waals surface area contributed by atoms with Crippen LogP contribution in [-0.2, 0) is 16.0 Å². The molecule has 3 rings (SSSR count). The number of carbonyl (C=O) groups excluding carboxylic acids is 1. The molecule has 2 fully saturated rings. The van der Waals surface area contributed by atoms with E-state index in [1.807, 2.05) is 4.90 Å². The quantitative estimate of drug-likeness (QED) is 0.819. The first-order chi connectivity index (χ1) is 11.7. The molecule has 1 aromatic carbocycles. The summed E-state index contributed by atoms with van der Waals surface area (Å²) in [7, 11) is 0. The number of ether oxygens (including phenoxy) is 1. The number of amides is 1. The zero-order valence-corrected chi connectivity index (χ0v) is 15.3. The highest BCUT2D eigenvalue weighted by atomic mass is 35.5. The molecule has 1 aromatic rings. The van der Waals surface area contributed by atoms with E-state index in [1.54, 1.807) is 18.2 Å². The molecule has 7 heteroatoms. The van der Waals surface area contributed by atoms with Gasteiger partial charge < -0.3 is 15.0 Å². The van der Waals surface area contributed by atoms with E-state index in [9.17, 15) is 9.18 Å². The molecule has 0 radical (unpaired) electrons. The van der Waals surface area contributed by atoms with E-state index in [1.165, 1.54) is 6.07 Å². The molecule has 0 saturated carbocycles. The molecule has 2 saturated heterocycles. The van der Waals surface area contributed by atoms with Gasteiger partial charge >= 0.3 is 0 Å². The van der Waals surface area contributed by atoms with Crippen molar-refractivity contribution in [3.8, 4) is 0 Å². The second-order valence-corrected chi connectivity index (χ2v) is 6.46. The lowest BCUT2D eigenvalue weighted by atomic mass is 10.1. The fraction of sp³-hybridized carbons (Fsp3) is 0.611. The maximum Gasteiger partial charge on any atom is 0.227 e. The second-order valence-electron chi connectivity index (χ2n) is 6.46. The van der Waals surface area contributed by atoms with Gasteiger partial charge in [-0.2, -0.15) is 0 Å². The zero-order valence-electron chi connectivity index (χ0n) is 14.5. The normalized spacial score (nSPS) is 20.9. The minimum Gasteiger partial charge on any atom is -0.379 e. The average molecular weight is 372 g/mol. The van der Waals surface area contributed by atoms with Gasteiger partial charge in [0, 0.05) is 38.8 Å². The first-order valence-electron chi connectivity index (χ1n) is 8.78. The van der Waals surface area contributed by atoms with Gasteiger partial charge in [0.15, 0.2) is 0 Å². The molecule has 2 aliphatic heterocycles. The zero-order chi connectivity index (χ0) is 16.8. The number of hydrogen-bond donors (Lipinski definition) is 1. The number of benzene rings is 1. The fourth-order valence-electron chi connectivity index (χ4n) is 3.40. The third-order valence-electron chi connectivity index (χ3n) is 4.86. The van der Waals surface area contributed by atoms with Crippen LogP contribution in [0.25, 0.3) is 0 Å². The van der Waals surface area contributed by atoms with Gasteiger partial charge in [-0.1, -0.05) is 18.2 Å². The summed E-state index contributed by atoms with van der Waals surface area (Å²) in [4.78, 5) is 17.1. The van der Waals surface area contributed by atoms with Crippen LogP contribution in [0.4, 0.5) is 4.39 Å². The van der Waals surface area contributed by atoms with E-state index in [0.717, 1.165) is 52.4 Å². The summed E-state index contributed by atoms with van der Waals surface area (Å²) in [6.07, 6.45) is 1.10. The molecule has 1 atom stereocenters. The Balaban J connectivity index is 0.00000225. The SMILES string of the molecule is Cl.O=C(Cc1ccccc1F)N(CCN1CCOCC1)C1CCNC1. The molecule has 0 aliphatic carbocycles. The molecule has 0 aromatic heterocycles. The van der Waals surface area contributed by atoms with Crippen LogP contribution in [0.2, 0.25) is 0 Å². The summed E-state index contributed by atoms with van der Waals surface area (Å²) < 4.78 is 19.2. The van der Waals surface area contributed by atoms with Crippen LogP contribution in [0.3, 0.4) is 0 Å². The lowest BCUT2D eigenvalue weighted by Gasteiger charge is -2.33. The summed E-state index contributed by atoms with van der Waals surface area (Å²) in [5.41, 5.74) is 0.477. The van der Waals surface area contributed by atoms with Crippen molar-refractivity contribution < 1.29 is 13.9 Å². The lowest BCUT2D eigenvalue weighted by molar-refractivity contribution is -0.132. The van der Waals surface area contributed by atoms with E-state index in [4.69, 9.17) is 4.74 Å². The summed E-state index contributed by atoms with van der Waals surface area (Å²) in [6, 6.07) is 6.75. The van der Waals surface area contributed by atoms with Crippen molar-refractivity contribution in [2.45, 2.75) is 18.9 Å². The third-order valence-corrected chi connectivity index (χ3v) is 4.86. The highest BCUT2D eigenvalue weighted by Crippen LogP contribution is 2.14. The molecule has 5 nitrogen and oxygen atoms in total. The largest absolute Gasteiger partial charge is 0.379 e. The molecule has 1 unspecified atom stereocenters. The Morgan fingerprint density at radius 2 is 2.08 bits per heavy atom. The van der Waals surface area contributed by atoms with Crippen LogP contribution in [-0.4, -0.2) is 74.2 Å². The summed E-state index contributed by atoms with van der Waals surface area (Å²) in [5, 5.41) is 3.32. The van der Waals surface area contributed by atoms with Crippen LogP contribution < -0.4 is 5.32 Å². The van der Waals surface area contributed by atoms with E-state index in [-0.39, 0.29) is 36.6 Å². The van der Waals surface area contributed by atoms with Crippen molar-refractivity contribution >= 4 is 18.3 Å². The molecule has 0 bridgehead atoms. The Morgan fingerprint density at radius 1 is 1.32 bits per heavy atom. The number of rotatable bonds is 6. The average Bonchev–Trinajstić information content (AvgIpc) is 3.12. The number of nitrogens with one attached hydrogen (secondary N) is 1. The Hall–Kier alpha value is -1.21. The minimum atomic E-state index is -0.302. The maximum atomic E-state index is 13.9. The smallest absolute Gasteiger partial charge is 0.227 e. The van der Waals surface area contributed by atoms with E-state index >= 15 is 0 Å². The molecule has 2 aliphatic rings. The summed E-state index contributed by atoms with van der Waals surface area (Å²) in [5.74, 6) is -0.286. The van der Waals surface area contributed by atoms with Crippen LogP contribution in [0.15, 0.2) is 24.3 Å². The van der Waals surface area contributed by atoms with Gasteiger partial charge in [0.05, 0.1) is 19.6 Å². The van der Waals surface area contributed by atoms with Crippen LogP contribution in [0, 0.1) is 5.82 Å². The maximum absolute atomic E-state index is 13.9. The monoisotopic (exact) mass is 371 g/mol. The first-order valence-corrected chi connectivity index (χ1v) is 8.78. The van der Waals surface area contributed by atoms with Crippen LogP contribution in [0.1, 0.15) is 12.0 Å². The molecule has 0 spiro atoms. The predicted molar refractivity (Wildman–Crippen MR) is 97.6 cm³/mol. The molecule has 1 amide bonds. The molecular weight excluding hydrogens is 345 g/mol. The summed E-state index contributed by atoms with van der Waals surface area (Å²) >= 11 is 0. The van der Waals surface area contributed by atoms with E-state index in [2.05, 4.69) is 10.2 Å². The number of hydrogen-bond acceptors (Lipinski definition) is 4. The topological polar surface area (TPSA) is 44.8 Å². The molecule has 140 valence electrons. The molecule has 25 heavy (non-hydrogen) atoms. The highest BCUT2D eigenvalue weighted by molar-refractivity contribution is 5.85. The van der Waals surface area contributed by atoms with Gasteiger partial charge in [-0.15, -0.1) is 12.4 Å². The fourth-order valence-corrected chi connectivity index (χ4v) is 3.40. The van der Waals surface area contributed by atoms with Crippen molar-refractivity contribution in [1.82, 2.24) is 15.1 Å². The minimum absolute atomic E-state index is 0. The number of morpholine rings is 1. The number of nitrogens with zero attached hydrogens (tertiary/aromatic N) is 2. The Morgan fingerprint density at radius 3 is 2.76 bits per heavy atom. The van der Waals surface area contributed by atoms with Gasteiger partial charge in [-0.05, 0) is 24.6 Å². The second kappa shape index (κ2) is 10.1. The van der Waals surface area contributed by atoms with Gasteiger partial charge in [0.1, 0.15) is 5.82 Å². The lowest BCUT2D eigenvalue weighted by Crippen LogP contribution is -2.48. The van der Waals surface area contributed by atoms with Crippen molar-refractivity contribution in [1.29, 1.82) is 0 Å². The van der Waals surface area contributed by atoms with Crippen molar-refractivity contribution in [2.75, 3.05) is 52.5 Å². The number of halogens is 2. The molecule has 2 heterocycles. The van der Waals surface area contributed by atoms with Gasteiger partial charge in [-0.3, -0.25) is 9.69 Å².